The lowest BCUT2D eigenvalue weighted by Crippen LogP contribution is -2.13. The molecule has 0 spiro atoms. The molecule has 0 aliphatic carbocycles. The van der Waals surface area contributed by atoms with Crippen molar-refractivity contribution in [2.75, 3.05) is 0 Å². The van der Waals surface area contributed by atoms with Gasteiger partial charge in [-0.2, -0.15) is 8.78 Å². The number of alkyl halides is 3. The van der Waals surface area contributed by atoms with E-state index in [0.29, 0.717) is 4.47 Å². The van der Waals surface area contributed by atoms with Crippen LogP contribution < -0.4 is 4.74 Å². The molecule has 1 aromatic carbocycles. The van der Waals surface area contributed by atoms with Crippen LogP contribution in [0, 0.1) is 0 Å². The Morgan fingerprint density at radius 2 is 2.06 bits per heavy atom. The average Bonchev–Trinajstić information content (AvgIpc) is 2.18. The predicted octanol–water partition coefficient (Wildman–Crippen LogP) is 4.02. The number of ether oxygens (including phenoxy) is 1. The van der Waals surface area contributed by atoms with Gasteiger partial charge in [-0.25, -0.2) is 0 Å². The van der Waals surface area contributed by atoms with E-state index in [9.17, 15) is 13.6 Å². The van der Waals surface area contributed by atoms with Crippen LogP contribution in [0.5, 0.6) is 5.75 Å². The van der Waals surface area contributed by atoms with E-state index >= 15 is 0 Å². The number of halogens is 4. The van der Waals surface area contributed by atoms with Crippen molar-refractivity contribution in [3.8, 4) is 5.75 Å². The Balaban J connectivity index is 3.12. The highest BCUT2D eigenvalue weighted by Gasteiger charge is 2.19. The average molecular weight is 358 g/mol. The van der Waals surface area contributed by atoms with E-state index in [1.165, 1.54) is 18.2 Å². The van der Waals surface area contributed by atoms with Crippen molar-refractivity contribution in [1.82, 2.24) is 0 Å². The van der Waals surface area contributed by atoms with E-state index in [2.05, 4.69) is 36.6 Å². The molecule has 1 unspecified atom stereocenters. The van der Waals surface area contributed by atoms with Gasteiger partial charge in [-0.3, -0.25) is 4.79 Å². The maximum absolute atomic E-state index is 12.1. The third-order valence-electron chi connectivity index (χ3n) is 1.78. The zero-order valence-electron chi connectivity index (χ0n) is 8.22. The summed E-state index contributed by atoms with van der Waals surface area (Å²) in [5.74, 6) is -0.425. The molecule has 0 aromatic heterocycles. The van der Waals surface area contributed by atoms with Gasteiger partial charge < -0.3 is 4.74 Å². The van der Waals surface area contributed by atoms with E-state index in [1.807, 2.05) is 0 Å². The predicted molar refractivity (Wildman–Crippen MR) is 63.5 cm³/mol. The number of rotatable bonds is 4. The van der Waals surface area contributed by atoms with E-state index in [-0.39, 0.29) is 17.1 Å². The first-order valence-corrected chi connectivity index (χ1v) is 6.05. The first-order chi connectivity index (χ1) is 7.41. The number of hydrogen-bond donors (Lipinski definition) is 0. The lowest BCUT2D eigenvalue weighted by molar-refractivity contribution is -0.0501. The van der Waals surface area contributed by atoms with Gasteiger partial charge in [0.2, 0.25) is 0 Å². The van der Waals surface area contributed by atoms with Gasteiger partial charge >= 0.3 is 6.61 Å². The summed E-state index contributed by atoms with van der Waals surface area (Å²) < 4.78 is 29.1. The van der Waals surface area contributed by atoms with Gasteiger partial charge in [-0.15, -0.1) is 0 Å². The molecule has 0 radical (unpaired) electrons. The van der Waals surface area contributed by atoms with Gasteiger partial charge in [0, 0.05) is 4.47 Å². The molecule has 0 saturated carbocycles. The second-order valence-corrected chi connectivity index (χ2v) is 5.29. The van der Waals surface area contributed by atoms with Crippen LogP contribution in [-0.4, -0.2) is 17.2 Å². The largest absolute Gasteiger partial charge is 0.434 e. The molecule has 1 aromatic rings. The molecule has 0 saturated heterocycles. The van der Waals surface area contributed by atoms with E-state index in [4.69, 9.17) is 0 Å². The van der Waals surface area contributed by atoms with Gasteiger partial charge in [0.1, 0.15) is 5.75 Å². The number of hydrogen-bond acceptors (Lipinski definition) is 2. The Morgan fingerprint density at radius 3 is 2.56 bits per heavy atom. The number of Topliss-reactive ketones (excluding diaryl/α,β-unsaturated/α-hetero) is 1. The molecule has 16 heavy (non-hydrogen) atoms. The molecule has 0 amide bonds. The summed E-state index contributed by atoms with van der Waals surface area (Å²) >= 11 is 6.26. The molecule has 0 bridgehead atoms. The Labute approximate surface area is 108 Å². The monoisotopic (exact) mass is 356 g/mol. The lowest BCUT2D eigenvalue weighted by Gasteiger charge is -2.11. The van der Waals surface area contributed by atoms with Crippen LogP contribution in [0.25, 0.3) is 0 Å². The summed E-state index contributed by atoms with van der Waals surface area (Å²) in [6.45, 7) is -1.33. The summed E-state index contributed by atoms with van der Waals surface area (Å²) in [6.07, 6.45) is 0. The summed E-state index contributed by atoms with van der Waals surface area (Å²) in [5, 5.41) is 0. The van der Waals surface area contributed by atoms with Gasteiger partial charge in [-0.1, -0.05) is 31.9 Å². The van der Waals surface area contributed by atoms with Crippen molar-refractivity contribution in [3.05, 3.63) is 28.2 Å². The minimum Gasteiger partial charge on any atom is -0.434 e. The van der Waals surface area contributed by atoms with Crippen LogP contribution in [-0.2, 0) is 0 Å². The highest BCUT2D eigenvalue weighted by Crippen LogP contribution is 2.27. The first kappa shape index (κ1) is 13.6. The van der Waals surface area contributed by atoms with Crippen LogP contribution in [0.2, 0.25) is 0 Å². The van der Waals surface area contributed by atoms with E-state index in [0.717, 1.165) is 0 Å². The van der Waals surface area contributed by atoms with Gasteiger partial charge in [0.05, 0.1) is 10.4 Å². The molecular weight excluding hydrogens is 350 g/mol. The van der Waals surface area contributed by atoms with Crippen molar-refractivity contribution in [2.24, 2.45) is 0 Å². The first-order valence-electron chi connectivity index (χ1n) is 4.34. The summed E-state index contributed by atoms with van der Waals surface area (Å²) in [7, 11) is 0. The van der Waals surface area contributed by atoms with Gasteiger partial charge in [0.25, 0.3) is 0 Å². The molecule has 1 rings (SSSR count). The summed E-state index contributed by atoms with van der Waals surface area (Å²) in [6, 6.07) is 4.32. The molecule has 0 fully saturated rings. The van der Waals surface area contributed by atoms with Crippen molar-refractivity contribution in [1.29, 1.82) is 0 Å². The minimum atomic E-state index is -2.95. The highest BCUT2D eigenvalue weighted by atomic mass is 79.9. The molecular formula is C10H8Br2F2O2. The molecule has 0 heterocycles. The molecule has 0 aliphatic rings. The fourth-order valence-corrected chi connectivity index (χ4v) is 1.72. The topological polar surface area (TPSA) is 26.3 Å². The molecule has 0 N–H and O–H groups in total. The Hall–Kier alpha value is -0.490. The fourth-order valence-electron chi connectivity index (χ4n) is 1.11. The zero-order chi connectivity index (χ0) is 12.3. The van der Waals surface area contributed by atoms with E-state index < -0.39 is 11.4 Å². The van der Waals surface area contributed by atoms with Crippen LogP contribution in [0.4, 0.5) is 8.78 Å². The Bertz CT molecular complexity index is 394. The van der Waals surface area contributed by atoms with E-state index in [1.54, 1.807) is 6.92 Å². The molecule has 88 valence electrons. The number of carbonyl (C=O) groups excluding carboxylic acids is 1. The SMILES string of the molecule is CC(Br)C(=O)c1cc(Br)ccc1OC(F)F. The highest BCUT2D eigenvalue weighted by molar-refractivity contribution is 9.10. The standard InChI is InChI=1S/C10H8Br2F2O2/c1-5(11)9(15)7-4-6(12)2-3-8(7)16-10(13)14/h2-5,10H,1H3. The lowest BCUT2D eigenvalue weighted by atomic mass is 10.1. The fraction of sp³-hybridized carbons (Fsp3) is 0.300. The van der Waals surface area contributed by atoms with Gasteiger partial charge in [-0.05, 0) is 25.1 Å². The second-order valence-electron chi connectivity index (χ2n) is 3.00. The molecule has 2 nitrogen and oxygen atoms in total. The van der Waals surface area contributed by atoms with Crippen molar-refractivity contribution in [2.45, 2.75) is 18.4 Å². The van der Waals surface area contributed by atoms with Crippen LogP contribution in [0.1, 0.15) is 17.3 Å². The van der Waals surface area contributed by atoms with Crippen LogP contribution >= 0.6 is 31.9 Å². The molecule has 1 atom stereocenters. The number of benzene rings is 1. The quantitative estimate of drug-likeness (QED) is 0.601. The van der Waals surface area contributed by atoms with Crippen molar-refractivity contribution < 1.29 is 18.3 Å². The smallest absolute Gasteiger partial charge is 0.387 e. The zero-order valence-corrected chi connectivity index (χ0v) is 11.4. The summed E-state index contributed by atoms with van der Waals surface area (Å²) in [4.78, 5) is 11.2. The molecule has 0 aliphatic heterocycles. The Kier molecular flexibility index (Phi) is 4.86. The second kappa shape index (κ2) is 5.72. The van der Waals surface area contributed by atoms with Gasteiger partial charge in [0.15, 0.2) is 5.78 Å². The summed E-state index contributed by atoms with van der Waals surface area (Å²) in [5.41, 5.74) is 0.124. The normalized spacial score (nSPS) is 12.6. The minimum absolute atomic E-state index is 0.116. The van der Waals surface area contributed by atoms with Crippen molar-refractivity contribution >= 4 is 37.6 Å². The number of carbonyl (C=O) groups is 1. The van der Waals surface area contributed by atoms with Crippen LogP contribution in [0.3, 0.4) is 0 Å². The molecule has 6 heteroatoms. The van der Waals surface area contributed by atoms with Crippen molar-refractivity contribution in [3.63, 3.8) is 0 Å². The Morgan fingerprint density at radius 1 is 1.44 bits per heavy atom. The van der Waals surface area contributed by atoms with Crippen LogP contribution in [0.15, 0.2) is 22.7 Å². The number of ketones is 1. The maximum Gasteiger partial charge on any atom is 0.387 e. The maximum atomic E-state index is 12.1. The third-order valence-corrected chi connectivity index (χ3v) is 2.69. The third kappa shape index (κ3) is 3.52.